The molecule has 4 N–H and O–H groups in total. The van der Waals surface area contributed by atoms with Crippen molar-refractivity contribution >= 4 is 64.6 Å². The minimum absolute atomic E-state index is 0. The summed E-state index contributed by atoms with van der Waals surface area (Å²) in [6.07, 6.45) is 17.3. The van der Waals surface area contributed by atoms with Crippen molar-refractivity contribution in [2.24, 2.45) is 66.7 Å². The number of carbonyl (C=O) groups excluding carboxylic acids is 6. The number of carboxylic acids is 2. The number of hydrogen-bond acceptors (Lipinski definition) is 15. The van der Waals surface area contributed by atoms with Crippen LogP contribution in [0.2, 0.25) is 0 Å². The molecule has 3 aliphatic heterocycles. The van der Waals surface area contributed by atoms with E-state index in [1.54, 1.807) is 24.3 Å². The van der Waals surface area contributed by atoms with Gasteiger partial charge < -0.3 is 54.5 Å². The Labute approximate surface area is 832 Å². The maximum absolute atomic E-state index is 14.7. The molecule has 141 heavy (non-hydrogen) atoms. The fourth-order valence-electron chi connectivity index (χ4n) is 21.6. The van der Waals surface area contributed by atoms with Crippen LogP contribution in [0.15, 0.2) is 252 Å². The van der Waals surface area contributed by atoms with Gasteiger partial charge >= 0.3 is 17.9 Å². The van der Waals surface area contributed by atoms with E-state index in [1.165, 1.54) is 0 Å². The Morgan fingerprint density at radius 3 is 0.858 bits per heavy atom. The third kappa shape index (κ3) is 24.8. The lowest BCUT2D eigenvalue weighted by atomic mass is 9.69. The molecule has 0 bridgehead atoms. The van der Waals surface area contributed by atoms with Crippen molar-refractivity contribution < 1.29 is 67.5 Å². The van der Waals surface area contributed by atoms with Crippen LogP contribution >= 0.6 is 0 Å². The SMILES string of the molecule is C.CC(C)(C)C1CCC2(CC1)N=C(c1ccc(OCc3ccccc3)cc1)C(=O)N2[C@@H](c1ccc(C(=O)NCCC(=O)O)cc1)C1CC1.CC(C)(C)C1CCC2(CC1)N=C(c1ccc(OCc3ccccc3)cc1)C(=O)N2[C@@H](c1ccc(C(=O)O)cc1)C1CC1.CC(C)(C)OC(=O)CCNC(=O)c1ccc([C@@H](C2CC2)N2C(=O)C(c3ccc(OCc4ccccc4)cc3)=NC23CCC(C(C)(C)C)CC3)cc1. The van der Waals surface area contributed by atoms with Crippen molar-refractivity contribution in [3.63, 3.8) is 0 Å². The van der Waals surface area contributed by atoms with E-state index in [0.29, 0.717) is 83.6 Å². The van der Waals surface area contributed by atoms with Crippen LogP contribution < -0.4 is 24.8 Å². The number of nitrogens with zero attached hydrogens (tertiary/aromatic N) is 6. The van der Waals surface area contributed by atoms with Crippen LogP contribution in [0.5, 0.6) is 17.2 Å². The van der Waals surface area contributed by atoms with E-state index in [-0.39, 0.29) is 109 Å². The fraction of sp³-hybridized carbons (Fsp3) is 0.454. The van der Waals surface area contributed by atoms with Gasteiger partial charge in [-0.25, -0.2) is 4.79 Å². The summed E-state index contributed by atoms with van der Waals surface area (Å²) in [4.78, 5) is 126. The molecule has 0 saturated heterocycles. The Morgan fingerprint density at radius 1 is 0.355 bits per heavy atom. The van der Waals surface area contributed by atoms with E-state index < -0.39 is 34.5 Å². The molecule has 742 valence electrons. The van der Waals surface area contributed by atoms with Crippen LogP contribution in [-0.4, -0.2) is 125 Å². The Kier molecular flexibility index (Phi) is 31.5. The molecule has 3 heterocycles. The van der Waals surface area contributed by atoms with E-state index in [4.69, 9.17) is 39.0 Å². The van der Waals surface area contributed by atoms with E-state index in [1.807, 2.05) is 233 Å². The average molecular weight is 1910 g/mol. The highest BCUT2D eigenvalue weighted by Gasteiger charge is 2.59. The molecule has 0 radical (unpaired) electrons. The van der Waals surface area contributed by atoms with Gasteiger partial charge in [0.2, 0.25) is 0 Å². The third-order valence-corrected chi connectivity index (χ3v) is 30.0. The van der Waals surface area contributed by atoms with Gasteiger partial charge in [0, 0.05) is 40.9 Å². The number of amides is 5. The molecule has 18 rings (SSSR count). The van der Waals surface area contributed by atoms with Crippen LogP contribution in [0, 0.1) is 51.8 Å². The molecule has 6 saturated carbocycles. The summed E-state index contributed by atoms with van der Waals surface area (Å²) in [6, 6.07) is 75.2. The van der Waals surface area contributed by atoms with Crippen molar-refractivity contribution in [1.29, 1.82) is 0 Å². The lowest BCUT2D eigenvalue weighted by Gasteiger charge is -2.47. The summed E-state index contributed by atoms with van der Waals surface area (Å²) in [5.74, 6) is 2.06. The predicted molar refractivity (Wildman–Crippen MR) is 551 cm³/mol. The number of rotatable bonds is 30. The number of esters is 1. The first-order valence-corrected chi connectivity index (χ1v) is 50.6. The number of benzene rings is 9. The highest BCUT2D eigenvalue weighted by molar-refractivity contribution is 6.48. The molecule has 22 heteroatoms. The van der Waals surface area contributed by atoms with Crippen LogP contribution in [-0.2, 0) is 48.5 Å². The molecule has 6 aliphatic carbocycles. The second-order valence-corrected chi connectivity index (χ2v) is 44.2. The summed E-state index contributed by atoms with van der Waals surface area (Å²) in [5, 5.41) is 23.9. The van der Waals surface area contributed by atoms with Crippen molar-refractivity contribution in [1.82, 2.24) is 25.3 Å². The second-order valence-electron chi connectivity index (χ2n) is 44.2. The molecular formula is C119H142N8O14. The molecule has 9 aromatic carbocycles. The number of hydrogen-bond donors (Lipinski definition) is 4. The van der Waals surface area contributed by atoms with Crippen LogP contribution in [0.4, 0.5) is 0 Å². The first-order chi connectivity index (χ1) is 66.9. The largest absolute Gasteiger partial charge is 0.489 e. The van der Waals surface area contributed by atoms with E-state index >= 15 is 0 Å². The molecule has 6 fully saturated rings. The number of ether oxygens (including phenoxy) is 4. The highest BCUT2D eigenvalue weighted by atomic mass is 16.6. The molecule has 3 atom stereocenters. The van der Waals surface area contributed by atoms with E-state index in [0.717, 1.165) is 183 Å². The molecular weight excluding hydrogens is 1770 g/mol. The Hall–Kier alpha value is -12.9. The lowest BCUT2D eigenvalue weighted by Crippen LogP contribution is -2.52. The molecule has 9 aromatic rings. The molecule has 5 amide bonds. The number of aromatic carboxylic acids is 1. The molecule has 0 unspecified atom stereocenters. The zero-order valence-corrected chi connectivity index (χ0v) is 83.4. The van der Waals surface area contributed by atoms with Gasteiger partial charge in [0.15, 0.2) is 0 Å². The van der Waals surface area contributed by atoms with Crippen molar-refractivity contribution in [2.45, 2.75) is 279 Å². The summed E-state index contributed by atoms with van der Waals surface area (Å²) in [7, 11) is 0. The number of aliphatic carboxylic acids is 1. The van der Waals surface area contributed by atoms with Gasteiger partial charge in [-0.15, -0.1) is 0 Å². The van der Waals surface area contributed by atoms with Gasteiger partial charge in [0.25, 0.3) is 29.5 Å². The maximum Gasteiger partial charge on any atom is 0.335 e. The number of aliphatic imine (C=N–C) groups is 3. The topological polar surface area (TPSA) is 285 Å². The minimum atomic E-state index is -0.956. The zero-order valence-electron chi connectivity index (χ0n) is 83.4. The van der Waals surface area contributed by atoms with Crippen molar-refractivity contribution in [3.8, 4) is 17.2 Å². The summed E-state index contributed by atoms with van der Waals surface area (Å²) in [6.45, 7) is 27.9. The maximum atomic E-state index is 14.7. The van der Waals surface area contributed by atoms with Gasteiger partial charge in [-0.05, 0) is 331 Å². The highest BCUT2D eigenvalue weighted by Crippen LogP contribution is 2.59. The predicted octanol–water partition coefficient (Wildman–Crippen LogP) is 23.9. The van der Waals surface area contributed by atoms with Gasteiger partial charge in [-0.3, -0.25) is 48.5 Å². The summed E-state index contributed by atoms with van der Waals surface area (Å²) < 4.78 is 23.4. The van der Waals surface area contributed by atoms with Gasteiger partial charge in [0.1, 0.15) is 76.8 Å². The lowest BCUT2D eigenvalue weighted by molar-refractivity contribution is -0.154. The van der Waals surface area contributed by atoms with Crippen LogP contribution in [0.1, 0.15) is 318 Å². The molecule has 22 nitrogen and oxygen atoms in total. The molecule has 9 aliphatic rings. The van der Waals surface area contributed by atoms with E-state index in [2.05, 4.69) is 87.6 Å². The first kappa shape index (κ1) is 103. The van der Waals surface area contributed by atoms with Crippen molar-refractivity contribution in [3.05, 3.63) is 303 Å². The second kappa shape index (κ2) is 43.3. The summed E-state index contributed by atoms with van der Waals surface area (Å²) >= 11 is 0. The monoisotopic (exact) mass is 1910 g/mol. The quantitative estimate of drug-likeness (QED) is 0.0305. The molecule has 0 aromatic heterocycles. The number of carboxylic acid groups (broad SMARTS) is 2. The Bertz CT molecular complexity index is 5960. The smallest absolute Gasteiger partial charge is 0.335 e. The van der Waals surface area contributed by atoms with Crippen LogP contribution in [0.25, 0.3) is 0 Å². The van der Waals surface area contributed by atoms with Gasteiger partial charge in [-0.1, -0.05) is 197 Å². The Morgan fingerprint density at radius 2 is 0.617 bits per heavy atom. The standard InChI is InChI=1S/C43H53N3O5.C39H45N3O5.C36H40N2O4.CH4/c1-41(2,3)34-22-25-43(26-23-34)45-37(30-18-20-35(21-19-30)50-28-29-10-8-7-9-11-29)40(49)46(43)38(31-12-13-31)32-14-16-33(17-15-32)39(48)44-27-24-36(47)51-42(4,5)6;1-38(2,3)31-19-22-39(23-20-31)41-34(27-15-17-32(18-16-27)47-25-26-7-5-4-6-8-26)37(46)42(39)35(28-9-10-28)29-11-13-30(14-12-29)36(45)40-24-21-33(43)44;1-35(2,3)29-19-21-36(22-20-29)37-31(25-15-17-30(18-16-25)42-23-24-7-5-4-6-8-24)33(39)38(36)32(26-9-10-26)27-11-13-28(14-12-27)34(40)41;/h7-11,14-21,31,34,38H,12-13,22-28H2,1-6H3,(H,44,48);4-8,11-18,28,31,35H,9-10,19-25H2,1-3H3,(H,40,45)(H,43,44);4-8,11-18,26,29,32H,9-10,19-23H2,1-3H3,(H,40,41);1H4/t34?,38-,43?;31?,35-,39?;29?,32-,36?;/m111./s1. The average Bonchev–Trinajstić information content (AvgIpc) is 1.58. The number of carbonyl (C=O) groups is 8. The number of nitrogens with one attached hydrogen (secondary N) is 2. The summed E-state index contributed by atoms with van der Waals surface area (Å²) in [5.41, 5.74) is 9.71. The molecule has 3 spiro atoms. The van der Waals surface area contributed by atoms with Crippen molar-refractivity contribution in [2.75, 3.05) is 13.1 Å². The van der Waals surface area contributed by atoms with Crippen LogP contribution in [0.3, 0.4) is 0 Å². The third-order valence-electron chi connectivity index (χ3n) is 30.0. The minimum Gasteiger partial charge on any atom is -0.489 e. The van der Waals surface area contributed by atoms with Gasteiger partial charge in [-0.2, -0.15) is 0 Å². The normalized spacial score (nSPS) is 21.8. The zero-order chi connectivity index (χ0) is 99.1. The Balaban J connectivity index is 0.000000160. The fourth-order valence-corrected chi connectivity index (χ4v) is 21.6. The van der Waals surface area contributed by atoms with Gasteiger partial charge in [0.05, 0.1) is 36.5 Å². The van der Waals surface area contributed by atoms with E-state index in [9.17, 15) is 43.5 Å². The first-order valence-electron chi connectivity index (χ1n) is 50.6.